The zero-order chi connectivity index (χ0) is 12.5. The molecule has 2 heterocycles. The lowest BCUT2D eigenvalue weighted by molar-refractivity contribution is 0.0954. The highest BCUT2D eigenvalue weighted by atomic mass is 32.1. The first-order valence-electron chi connectivity index (χ1n) is 6.48. The molecule has 0 spiro atoms. The fourth-order valence-corrected chi connectivity index (χ4v) is 4.73. The molecular formula is C15H16OS2. The highest BCUT2D eigenvalue weighted by molar-refractivity contribution is 7.12. The molecule has 2 aromatic rings. The first-order valence-corrected chi connectivity index (χ1v) is 8.24. The summed E-state index contributed by atoms with van der Waals surface area (Å²) in [6, 6.07) is 4.25. The van der Waals surface area contributed by atoms with Gasteiger partial charge in [0, 0.05) is 10.8 Å². The predicted octanol–water partition coefficient (Wildman–Crippen LogP) is 4.67. The molecule has 3 heteroatoms. The monoisotopic (exact) mass is 276 g/mol. The maximum Gasteiger partial charge on any atom is 0.180 e. The van der Waals surface area contributed by atoms with Crippen LogP contribution < -0.4 is 0 Å². The fraction of sp³-hybridized carbons (Fsp3) is 0.400. The summed E-state index contributed by atoms with van der Waals surface area (Å²) in [5, 5.41) is 4.18. The van der Waals surface area contributed by atoms with Crippen molar-refractivity contribution in [3.8, 4) is 0 Å². The Kier molecular flexibility index (Phi) is 3.35. The summed E-state index contributed by atoms with van der Waals surface area (Å²) in [6.07, 6.45) is 4.27. The topological polar surface area (TPSA) is 17.1 Å². The van der Waals surface area contributed by atoms with E-state index in [4.69, 9.17) is 0 Å². The Labute approximate surface area is 115 Å². The average Bonchev–Trinajstić information content (AvgIpc) is 3.05. The fourth-order valence-electron chi connectivity index (χ4n) is 2.75. The molecule has 0 N–H and O–H groups in total. The van der Waals surface area contributed by atoms with E-state index in [1.54, 1.807) is 22.7 Å². The van der Waals surface area contributed by atoms with Crippen LogP contribution in [0.1, 0.15) is 51.4 Å². The van der Waals surface area contributed by atoms with Crippen LogP contribution in [0.5, 0.6) is 0 Å². The minimum atomic E-state index is 0.115. The van der Waals surface area contributed by atoms with Gasteiger partial charge < -0.3 is 0 Å². The van der Waals surface area contributed by atoms with Crippen LogP contribution in [-0.2, 0) is 12.8 Å². The van der Waals surface area contributed by atoms with Crippen molar-refractivity contribution in [2.24, 2.45) is 0 Å². The predicted molar refractivity (Wildman–Crippen MR) is 78.0 cm³/mol. The molecule has 0 amide bonds. The Hall–Kier alpha value is -0.930. The van der Waals surface area contributed by atoms with Gasteiger partial charge in [-0.3, -0.25) is 4.79 Å². The van der Waals surface area contributed by atoms with Gasteiger partial charge in [0.05, 0.1) is 4.88 Å². The first kappa shape index (κ1) is 12.1. The molecule has 1 aliphatic carbocycles. The Morgan fingerprint density at radius 1 is 1.33 bits per heavy atom. The number of ketones is 1. The molecule has 3 rings (SSSR count). The summed E-state index contributed by atoms with van der Waals surface area (Å²) in [7, 11) is 0. The highest BCUT2D eigenvalue weighted by Gasteiger charge is 2.29. The molecule has 0 bridgehead atoms. The van der Waals surface area contributed by atoms with Crippen molar-refractivity contribution in [3.05, 3.63) is 43.8 Å². The normalized spacial score (nSPS) is 18.6. The van der Waals surface area contributed by atoms with E-state index in [1.807, 2.05) is 5.38 Å². The Morgan fingerprint density at radius 3 is 3.00 bits per heavy atom. The lowest BCUT2D eigenvalue weighted by Gasteiger charge is -2.21. The number of hydrogen-bond donors (Lipinski definition) is 0. The van der Waals surface area contributed by atoms with Crippen LogP contribution in [0.25, 0.3) is 0 Å². The van der Waals surface area contributed by atoms with Crippen molar-refractivity contribution in [1.82, 2.24) is 0 Å². The van der Waals surface area contributed by atoms with E-state index in [-0.39, 0.29) is 5.92 Å². The lowest BCUT2D eigenvalue weighted by Crippen LogP contribution is -2.17. The molecule has 0 aromatic carbocycles. The summed E-state index contributed by atoms with van der Waals surface area (Å²) < 4.78 is 0. The average molecular weight is 276 g/mol. The second-order valence-corrected chi connectivity index (χ2v) is 6.65. The van der Waals surface area contributed by atoms with Gasteiger partial charge in [0.1, 0.15) is 0 Å². The molecule has 0 fully saturated rings. The van der Waals surface area contributed by atoms with Crippen molar-refractivity contribution in [2.45, 2.75) is 38.5 Å². The molecule has 1 nitrogen and oxygen atoms in total. The molecule has 0 saturated carbocycles. The zero-order valence-corrected chi connectivity index (χ0v) is 12.1. The minimum Gasteiger partial charge on any atom is -0.293 e. The SMILES string of the molecule is CCc1ccsc1C(=O)C1CCCc2sccc21. The number of hydrogen-bond acceptors (Lipinski definition) is 3. The summed E-state index contributed by atoms with van der Waals surface area (Å²) in [4.78, 5) is 15.1. The van der Waals surface area contributed by atoms with Crippen molar-refractivity contribution in [3.63, 3.8) is 0 Å². The number of fused-ring (bicyclic) bond motifs is 1. The van der Waals surface area contributed by atoms with Gasteiger partial charge >= 0.3 is 0 Å². The third kappa shape index (κ3) is 1.95. The van der Waals surface area contributed by atoms with Crippen molar-refractivity contribution < 1.29 is 4.79 Å². The van der Waals surface area contributed by atoms with Crippen molar-refractivity contribution >= 4 is 28.5 Å². The van der Waals surface area contributed by atoms with Crippen LogP contribution in [0, 0.1) is 0 Å². The summed E-state index contributed by atoms with van der Waals surface area (Å²) in [6.45, 7) is 2.12. The summed E-state index contributed by atoms with van der Waals surface area (Å²) in [5.41, 5.74) is 2.51. The van der Waals surface area contributed by atoms with E-state index in [0.717, 1.165) is 30.6 Å². The maximum absolute atomic E-state index is 12.7. The molecule has 18 heavy (non-hydrogen) atoms. The van der Waals surface area contributed by atoms with Gasteiger partial charge in [0.15, 0.2) is 5.78 Å². The van der Waals surface area contributed by atoms with Crippen LogP contribution in [0.3, 0.4) is 0 Å². The minimum absolute atomic E-state index is 0.115. The van der Waals surface area contributed by atoms with E-state index < -0.39 is 0 Å². The van der Waals surface area contributed by atoms with E-state index in [0.29, 0.717) is 5.78 Å². The van der Waals surface area contributed by atoms with Gasteiger partial charge in [0.2, 0.25) is 0 Å². The Balaban J connectivity index is 1.95. The van der Waals surface area contributed by atoms with Gasteiger partial charge in [-0.2, -0.15) is 0 Å². The molecule has 1 unspecified atom stereocenters. The third-order valence-electron chi connectivity index (χ3n) is 3.72. The number of Topliss-reactive ketones (excluding diaryl/α,β-unsaturated/α-hetero) is 1. The second kappa shape index (κ2) is 4.98. The molecule has 0 aliphatic heterocycles. The molecule has 1 aliphatic rings. The zero-order valence-electron chi connectivity index (χ0n) is 10.4. The standard InChI is InChI=1S/C15H16OS2/c1-2-10-6-8-18-15(10)14(16)12-4-3-5-13-11(12)7-9-17-13/h6-9,12H,2-5H2,1H3. The van der Waals surface area contributed by atoms with Crippen LogP contribution in [-0.4, -0.2) is 5.78 Å². The lowest BCUT2D eigenvalue weighted by atomic mass is 9.83. The molecule has 1 atom stereocenters. The Morgan fingerprint density at radius 2 is 2.17 bits per heavy atom. The molecule has 0 saturated heterocycles. The van der Waals surface area contributed by atoms with Gasteiger partial charge in [-0.05, 0) is 59.7 Å². The summed E-state index contributed by atoms with van der Waals surface area (Å²) in [5.74, 6) is 0.463. The van der Waals surface area contributed by atoms with E-state index in [9.17, 15) is 4.79 Å². The van der Waals surface area contributed by atoms with Gasteiger partial charge in [-0.1, -0.05) is 6.92 Å². The number of carbonyl (C=O) groups excluding carboxylic acids is 1. The maximum atomic E-state index is 12.7. The number of rotatable bonds is 3. The molecule has 2 aromatic heterocycles. The smallest absolute Gasteiger partial charge is 0.180 e. The number of aryl methyl sites for hydroxylation is 2. The highest BCUT2D eigenvalue weighted by Crippen LogP contribution is 2.38. The Bertz CT molecular complexity index is 565. The van der Waals surface area contributed by atoms with E-state index in [2.05, 4.69) is 24.4 Å². The van der Waals surface area contributed by atoms with Crippen LogP contribution >= 0.6 is 22.7 Å². The quantitative estimate of drug-likeness (QED) is 0.744. The largest absolute Gasteiger partial charge is 0.293 e. The van der Waals surface area contributed by atoms with Gasteiger partial charge in [-0.25, -0.2) is 0 Å². The van der Waals surface area contributed by atoms with E-state index in [1.165, 1.54) is 16.0 Å². The third-order valence-corrected chi connectivity index (χ3v) is 5.69. The van der Waals surface area contributed by atoms with E-state index >= 15 is 0 Å². The number of thiophene rings is 2. The van der Waals surface area contributed by atoms with Gasteiger partial charge in [-0.15, -0.1) is 22.7 Å². The van der Waals surface area contributed by atoms with Crippen LogP contribution in [0.2, 0.25) is 0 Å². The van der Waals surface area contributed by atoms with Crippen molar-refractivity contribution in [2.75, 3.05) is 0 Å². The second-order valence-electron chi connectivity index (χ2n) is 4.74. The van der Waals surface area contributed by atoms with Crippen LogP contribution in [0.15, 0.2) is 22.9 Å². The molecule has 0 radical (unpaired) electrons. The van der Waals surface area contributed by atoms with Crippen LogP contribution in [0.4, 0.5) is 0 Å². The molecular weight excluding hydrogens is 260 g/mol. The summed E-state index contributed by atoms with van der Waals surface area (Å²) >= 11 is 3.41. The first-order chi connectivity index (χ1) is 8.81. The number of carbonyl (C=O) groups is 1. The van der Waals surface area contributed by atoms with Crippen molar-refractivity contribution in [1.29, 1.82) is 0 Å². The molecule has 94 valence electrons. The van der Waals surface area contributed by atoms with Gasteiger partial charge in [0.25, 0.3) is 0 Å².